The molecule has 9 aromatic rings. The highest BCUT2D eigenvalue weighted by Gasteiger charge is 2.29. The lowest BCUT2D eigenvalue weighted by molar-refractivity contribution is 0.413. The largest absolute Gasteiger partial charge is 0.288 e. The van der Waals surface area contributed by atoms with E-state index in [1.165, 1.54) is 4.57 Å². The highest BCUT2D eigenvalue weighted by atomic mass is 16.2. The SMILES string of the molecule is CCCC(CCC)n1c(=O)c2c3ccc4ccc5c6c(=O)[nH]c(=O)c6c6ccc7ccc(c2c1=O)c1c7c6c5c4c31. The number of nitrogens with one attached hydrogen (secondary N) is 1. The van der Waals surface area contributed by atoms with Crippen LogP contribution in [-0.4, -0.2) is 9.55 Å². The quantitative estimate of drug-likeness (QED) is 0.193. The molecule has 0 unspecified atom stereocenters. The molecule has 0 aliphatic rings. The van der Waals surface area contributed by atoms with Crippen LogP contribution >= 0.6 is 0 Å². The van der Waals surface area contributed by atoms with E-state index < -0.39 is 0 Å². The van der Waals surface area contributed by atoms with E-state index in [9.17, 15) is 19.2 Å². The Morgan fingerprint density at radius 3 is 1.24 bits per heavy atom. The van der Waals surface area contributed by atoms with E-state index in [0.29, 0.717) is 21.5 Å². The van der Waals surface area contributed by atoms with Crippen LogP contribution < -0.4 is 22.2 Å². The van der Waals surface area contributed by atoms with E-state index in [1.54, 1.807) is 0 Å². The first-order valence-electron chi connectivity index (χ1n) is 14.4. The fourth-order valence-electron chi connectivity index (χ4n) is 8.12. The average molecular weight is 537 g/mol. The number of aromatic amines is 1. The Labute approximate surface area is 231 Å². The second-order valence-electron chi connectivity index (χ2n) is 11.6. The van der Waals surface area contributed by atoms with Crippen LogP contribution in [0.5, 0.6) is 0 Å². The molecule has 198 valence electrons. The maximum absolute atomic E-state index is 14.2. The van der Waals surface area contributed by atoms with Crippen LogP contribution in [0.1, 0.15) is 45.6 Å². The summed E-state index contributed by atoms with van der Waals surface area (Å²) in [6.07, 6.45) is 3.32. The van der Waals surface area contributed by atoms with Crippen molar-refractivity contribution in [2.45, 2.75) is 45.6 Å². The van der Waals surface area contributed by atoms with Crippen molar-refractivity contribution in [2.75, 3.05) is 0 Å². The fraction of sp³-hybridized carbons (Fsp3) is 0.200. The lowest BCUT2D eigenvalue weighted by Gasteiger charge is -2.21. The molecule has 0 aliphatic heterocycles. The highest BCUT2D eigenvalue weighted by molar-refractivity contribution is 6.50. The Balaban J connectivity index is 1.66. The van der Waals surface area contributed by atoms with Crippen molar-refractivity contribution in [3.8, 4) is 0 Å². The van der Waals surface area contributed by atoms with Crippen molar-refractivity contribution in [3.63, 3.8) is 0 Å². The van der Waals surface area contributed by atoms with Crippen LogP contribution in [0.4, 0.5) is 0 Å². The maximum atomic E-state index is 14.2. The molecule has 9 rings (SSSR count). The molecule has 0 amide bonds. The van der Waals surface area contributed by atoms with Crippen LogP contribution in [-0.2, 0) is 0 Å². The summed E-state index contributed by atoms with van der Waals surface area (Å²) in [6, 6.07) is 15.7. The molecule has 6 nitrogen and oxygen atoms in total. The van der Waals surface area contributed by atoms with E-state index in [2.05, 4.69) is 18.8 Å². The monoisotopic (exact) mass is 536 g/mol. The maximum Gasteiger partial charge on any atom is 0.262 e. The van der Waals surface area contributed by atoms with Gasteiger partial charge in [-0.25, -0.2) is 0 Å². The third-order valence-corrected chi connectivity index (χ3v) is 9.61. The molecule has 2 aromatic heterocycles. The minimum atomic E-state index is -0.384. The van der Waals surface area contributed by atoms with Gasteiger partial charge in [0.05, 0.1) is 21.5 Å². The number of H-pyrrole nitrogens is 1. The van der Waals surface area contributed by atoms with Gasteiger partial charge in [-0.05, 0) is 77.5 Å². The van der Waals surface area contributed by atoms with Gasteiger partial charge in [-0.1, -0.05) is 75.2 Å². The van der Waals surface area contributed by atoms with Crippen molar-refractivity contribution in [1.29, 1.82) is 0 Å². The zero-order chi connectivity index (χ0) is 27.9. The summed E-state index contributed by atoms with van der Waals surface area (Å²) in [5.41, 5.74) is -1.20. The van der Waals surface area contributed by atoms with E-state index in [-0.39, 0.29) is 28.3 Å². The van der Waals surface area contributed by atoms with Gasteiger partial charge < -0.3 is 0 Å². The van der Waals surface area contributed by atoms with Crippen LogP contribution in [0.2, 0.25) is 0 Å². The van der Waals surface area contributed by atoms with Gasteiger partial charge in [-0.15, -0.1) is 0 Å². The Hall–Kier alpha value is -4.84. The normalized spacial score (nSPS) is 13.1. The molecule has 0 radical (unpaired) electrons. The van der Waals surface area contributed by atoms with E-state index in [0.717, 1.165) is 90.3 Å². The summed E-state index contributed by atoms with van der Waals surface area (Å²) in [7, 11) is 0. The van der Waals surface area contributed by atoms with Crippen molar-refractivity contribution in [3.05, 3.63) is 89.9 Å². The number of hydrogen-bond donors (Lipinski definition) is 1. The Morgan fingerprint density at radius 2 is 0.878 bits per heavy atom. The first kappa shape index (κ1) is 22.9. The van der Waals surface area contributed by atoms with Gasteiger partial charge in [0, 0.05) is 6.04 Å². The first-order chi connectivity index (χ1) is 20.0. The predicted octanol–water partition coefficient (Wildman–Crippen LogP) is 6.81. The molecule has 6 heteroatoms. The van der Waals surface area contributed by atoms with Gasteiger partial charge in [0.15, 0.2) is 0 Å². The second-order valence-corrected chi connectivity index (χ2v) is 11.6. The minimum Gasteiger partial charge on any atom is -0.288 e. The van der Waals surface area contributed by atoms with Gasteiger partial charge in [-0.2, -0.15) is 0 Å². The van der Waals surface area contributed by atoms with Crippen molar-refractivity contribution in [1.82, 2.24) is 9.55 Å². The summed E-state index contributed by atoms with van der Waals surface area (Å²) in [5.74, 6) is 0. The van der Waals surface area contributed by atoms with Crippen molar-refractivity contribution < 1.29 is 0 Å². The van der Waals surface area contributed by atoms with E-state index in [1.807, 2.05) is 48.5 Å². The van der Waals surface area contributed by atoms with Crippen LogP contribution in [0.3, 0.4) is 0 Å². The second kappa shape index (κ2) is 7.46. The summed E-state index contributed by atoms with van der Waals surface area (Å²) in [5, 5.41) is 12.5. The minimum absolute atomic E-state index is 0.142. The molecule has 0 bridgehead atoms. The summed E-state index contributed by atoms with van der Waals surface area (Å²) in [4.78, 5) is 57.2. The van der Waals surface area contributed by atoms with E-state index >= 15 is 0 Å². The number of hydrogen-bond acceptors (Lipinski definition) is 4. The van der Waals surface area contributed by atoms with Crippen molar-refractivity contribution in [2.24, 2.45) is 0 Å². The lowest BCUT2D eigenvalue weighted by Crippen LogP contribution is -2.30. The number of benzene rings is 7. The molecular weight excluding hydrogens is 512 g/mol. The number of nitrogens with zero attached hydrogens (tertiary/aromatic N) is 1. The van der Waals surface area contributed by atoms with Crippen LogP contribution in [0, 0.1) is 0 Å². The Kier molecular flexibility index (Phi) is 4.17. The molecular formula is C35H24N2O4. The molecule has 0 saturated carbocycles. The molecule has 0 atom stereocenters. The van der Waals surface area contributed by atoms with Crippen molar-refractivity contribution >= 4 is 86.2 Å². The molecule has 0 aliphatic carbocycles. The van der Waals surface area contributed by atoms with Gasteiger partial charge in [0.1, 0.15) is 0 Å². The Morgan fingerprint density at radius 1 is 0.512 bits per heavy atom. The molecule has 0 spiro atoms. The van der Waals surface area contributed by atoms with Crippen LogP contribution in [0.15, 0.2) is 67.7 Å². The summed E-state index contributed by atoms with van der Waals surface area (Å²) in [6.45, 7) is 4.17. The third kappa shape index (κ3) is 2.47. The number of rotatable bonds is 5. The molecule has 0 saturated heterocycles. The molecule has 7 aromatic carbocycles. The topological polar surface area (TPSA) is 89.0 Å². The lowest BCUT2D eigenvalue weighted by atomic mass is 9.80. The molecule has 2 heterocycles. The van der Waals surface area contributed by atoms with Gasteiger partial charge >= 0.3 is 0 Å². The average Bonchev–Trinajstić information content (AvgIpc) is 3.42. The van der Waals surface area contributed by atoms with Crippen LogP contribution in [0.25, 0.3) is 86.2 Å². The predicted molar refractivity (Wildman–Crippen MR) is 169 cm³/mol. The third-order valence-electron chi connectivity index (χ3n) is 9.61. The molecule has 0 fully saturated rings. The molecule has 1 N–H and O–H groups in total. The number of aromatic nitrogens is 2. The summed E-state index contributed by atoms with van der Waals surface area (Å²) < 4.78 is 1.52. The molecule has 41 heavy (non-hydrogen) atoms. The smallest absolute Gasteiger partial charge is 0.262 e. The van der Waals surface area contributed by atoms with Gasteiger partial charge in [0.2, 0.25) is 0 Å². The van der Waals surface area contributed by atoms with Gasteiger partial charge in [0.25, 0.3) is 22.2 Å². The first-order valence-corrected chi connectivity index (χ1v) is 14.4. The standard InChI is InChI=1S/C35H24N2O4/c1-3-5-17(6-4-2)37-34(40)30-20-13-9-15-7-11-18-24-22(15)26(20)27-21(31(30)35(37)41)14-10-16-8-12-19(25(24)23(16)27)29-28(18)32(38)36-33(29)39/h7-14,17H,3-6H2,1-2H3,(H,36,38,39). The Bertz CT molecular complexity index is 2570. The zero-order valence-corrected chi connectivity index (χ0v) is 22.6. The highest BCUT2D eigenvalue weighted by Crippen LogP contribution is 2.51. The number of fused-ring (bicyclic) bond motifs is 6. The zero-order valence-electron chi connectivity index (χ0n) is 22.6. The van der Waals surface area contributed by atoms with Gasteiger partial charge in [-0.3, -0.25) is 28.7 Å². The van der Waals surface area contributed by atoms with E-state index in [4.69, 9.17) is 0 Å². The fourth-order valence-corrected chi connectivity index (χ4v) is 8.12. The summed E-state index contributed by atoms with van der Waals surface area (Å²) >= 11 is 0.